The Morgan fingerprint density at radius 3 is 2.04 bits per heavy atom. The summed E-state index contributed by atoms with van der Waals surface area (Å²) in [6.45, 7) is 0.294. The highest BCUT2D eigenvalue weighted by Crippen LogP contribution is 2.08. The third-order valence-electron chi connectivity index (χ3n) is 3.47. The number of hydrogen-bond acceptors (Lipinski definition) is 3. The van der Waals surface area contributed by atoms with Crippen molar-refractivity contribution in [2.45, 2.75) is 19.4 Å². The van der Waals surface area contributed by atoms with Crippen LogP contribution in [-0.2, 0) is 11.3 Å². The van der Waals surface area contributed by atoms with Crippen LogP contribution >= 0.6 is 0 Å². The number of ketones is 1. The van der Waals surface area contributed by atoms with Gasteiger partial charge in [-0.15, -0.1) is 0 Å². The summed E-state index contributed by atoms with van der Waals surface area (Å²) >= 11 is 0. The lowest BCUT2D eigenvalue weighted by molar-refractivity contribution is -0.121. The molecule has 0 aliphatic carbocycles. The van der Waals surface area contributed by atoms with Crippen molar-refractivity contribution < 1.29 is 18.8 Å². The van der Waals surface area contributed by atoms with Gasteiger partial charge in [0.1, 0.15) is 5.82 Å². The molecule has 0 unspecified atom stereocenters. The summed E-state index contributed by atoms with van der Waals surface area (Å²) in [5.41, 5.74) is 6.75. The molecule has 0 fully saturated rings. The first-order valence-electron chi connectivity index (χ1n) is 7.40. The maximum Gasteiger partial charge on any atom is 0.248 e. The van der Waals surface area contributed by atoms with E-state index in [1.165, 1.54) is 24.3 Å². The van der Waals surface area contributed by atoms with E-state index in [1.807, 2.05) is 0 Å². The van der Waals surface area contributed by atoms with Gasteiger partial charge in [0.2, 0.25) is 11.8 Å². The Balaban J connectivity index is 1.77. The third kappa shape index (κ3) is 5.01. The van der Waals surface area contributed by atoms with Gasteiger partial charge in [-0.1, -0.05) is 12.1 Å². The minimum atomic E-state index is -0.509. The standard InChI is InChI=1S/C18H17FN2O3/c19-15-7-5-13(6-8-15)16(22)9-10-17(23)21-11-12-1-3-14(4-2-12)18(20)24/h1-8H,9-11H2,(H2,20,24)(H,21,23). The fourth-order valence-corrected chi connectivity index (χ4v) is 2.08. The molecule has 24 heavy (non-hydrogen) atoms. The minimum Gasteiger partial charge on any atom is -0.366 e. The molecule has 0 saturated carbocycles. The Labute approximate surface area is 138 Å². The zero-order valence-electron chi connectivity index (χ0n) is 12.9. The van der Waals surface area contributed by atoms with Gasteiger partial charge in [0.25, 0.3) is 0 Å². The van der Waals surface area contributed by atoms with Crippen LogP contribution < -0.4 is 11.1 Å². The van der Waals surface area contributed by atoms with Crippen LogP contribution in [0.2, 0.25) is 0 Å². The lowest BCUT2D eigenvalue weighted by Gasteiger charge is -2.06. The first-order valence-corrected chi connectivity index (χ1v) is 7.40. The van der Waals surface area contributed by atoms with Crippen molar-refractivity contribution >= 4 is 17.6 Å². The highest BCUT2D eigenvalue weighted by Gasteiger charge is 2.09. The van der Waals surface area contributed by atoms with Crippen molar-refractivity contribution in [2.75, 3.05) is 0 Å². The largest absolute Gasteiger partial charge is 0.366 e. The van der Waals surface area contributed by atoms with Gasteiger partial charge >= 0.3 is 0 Å². The number of amides is 2. The minimum absolute atomic E-state index is 0.0512. The van der Waals surface area contributed by atoms with Gasteiger partial charge in [0, 0.05) is 30.5 Å². The van der Waals surface area contributed by atoms with Crippen molar-refractivity contribution in [3.63, 3.8) is 0 Å². The molecule has 0 bridgehead atoms. The number of primary amides is 1. The number of carbonyl (C=O) groups excluding carboxylic acids is 3. The number of hydrogen-bond donors (Lipinski definition) is 2. The molecule has 2 aromatic rings. The number of Topliss-reactive ketones (excluding diaryl/α,β-unsaturated/α-hetero) is 1. The highest BCUT2D eigenvalue weighted by atomic mass is 19.1. The van der Waals surface area contributed by atoms with E-state index >= 15 is 0 Å². The molecule has 5 nitrogen and oxygen atoms in total. The van der Waals surface area contributed by atoms with E-state index in [0.717, 1.165) is 5.56 Å². The summed E-state index contributed by atoms with van der Waals surface area (Å²) in [7, 11) is 0. The smallest absolute Gasteiger partial charge is 0.248 e. The fourth-order valence-electron chi connectivity index (χ4n) is 2.08. The average Bonchev–Trinajstić information content (AvgIpc) is 2.58. The molecular weight excluding hydrogens is 311 g/mol. The molecular formula is C18H17FN2O3. The van der Waals surface area contributed by atoms with Gasteiger partial charge in [-0.25, -0.2) is 4.39 Å². The molecule has 0 aliphatic heterocycles. The molecule has 3 N–H and O–H groups in total. The maximum atomic E-state index is 12.8. The van der Waals surface area contributed by atoms with Crippen LogP contribution in [0.5, 0.6) is 0 Å². The van der Waals surface area contributed by atoms with Gasteiger partial charge < -0.3 is 11.1 Å². The van der Waals surface area contributed by atoms with Crippen LogP contribution in [0.15, 0.2) is 48.5 Å². The first kappa shape index (κ1) is 17.3. The number of carbonyl (C=O) groups is 3. The second-order valence-electron chi connectivity index (χ2n) is 5.27. The molecule has 0 atom stereocenters. The Hall–Kier alpha value is -3.02. The van der Waals surface area contributed by atoms with Crippen LogP contribution in [0.25, 0.3) is 0 Å². The van der Waals surface area contributed by atoms with E-state index < -0.39 is 11.7 Å². The Bertz CT molecular complexity index is 740. The third-order valence-corrected chi connectivity index (χ3v) is 3.47. The summed E-state index contributed by atoms with van der Waals surface area (Å²) in [6, 6.07) is 11.8. The Morgan fingerprint density at radius 1 is 0.875 bits per heavy atom. The zero-order valence-corrected chi connectivity index (χ0v) is 12.9. The molecule has 0 aliphatic rings. The summed E-state index contributed by atoms with van der Waals surface area (Å²) in [5, 5.41) is 2.70. The van der Waals surface area contributed by atoms with E-state index in [4.69, 9.17) is 5.73 Å². The Morgan fingerprint density at radius 2 is 1.46 bits per heavy atom. The summed E-state index contributed by atoms with van der Waals surface area (Å²) < 4.78 is 12.8. The summed E-state index contributed by atoms with van der Waals surface area (Å²) in [6.07, 6.45) is 0.105. The van der Waals surface area contributed by atoms with Gasteiger partial charge in [-0.3, -0.25) is 14.4 Å². The number of nitrogens with two attached hydrogens (primary N) is 1. The van der Waals surface area contributed by atoms with Crippen LogP contribution in [0.1, 0.15) is 39.1 Å². The number of halogens is 1. The number of benzene rings is 2. The molecule has 0 radical (unpaired) electrons. The van der Waals surface area contributed by atoms with Gasteiger partial charge in [0.05, 0.1) is 0 Å². The van der Waals surface area contributed by atoms with E-state index in [1.54, 1.807) is 24.3 Å². The molecule has 6 heteroatoms. The molecule has 2 amide bonds. The molecule has 2 rings (SSSR count). The summed E-state index contributed by atoms with van der Waals surface area (Å²) in [5.74, 6) is -1.39. The van der Waals surface area contributed by atoms with Gasteiger partial charge in [0.15, 0.2) is 5.78 Å². The Kier molecular flexibility index (Phi) is 5.78. The SMILES string of the molecule is NC(=O)c1ccc(CNC(=O)CCC(=O)c2ccc(F)cc2)cc1. The monoisotopic (exact) mass is 328 g/mol. The van der Waals surface area contributed by atoms with E-state index in [2.05, 4.69) is 5.32 Å². The van der Waals surface area contributed by atoms with Gasteiger partial charge in [-0.05, 0) is 42.0 Å². The predicted molar refractivity (Wildman–Crippen MR) is 86.8 cm³/mol. The van der Waals surface area contributed by atoms with Crippen molar-refractivity contribution in [3.05, 3.63) is 71.0 Å². The fraction of sp³-hybridized carbons (Fsp3) is 0.167. The van der Waals surface area contributed by atoms with Crippen molar-refractivity contribution in [3.8, 4) is 0 Å². The quantitative estimate of drug-likeness (QED) is 0.764. The molecule has 0 saturated heterocycles. The van der Waals surface area contributed by atoms with Gasteiger partial charge in [-0.2, -0.15) is 0 Å². The zero-order chi connectivity index (χ0) is 17.5. The van der Waals surface area contributed by atoms with Crippen LogP contribution in [0.4, 0.5) is 4.39 Å². The van der Waals surface area contributed by atoms with Crippen molar-refractivity contribution in [2.24, 2.45) is 5.73 Å². The average molecular weight is 328 g/mol. The normalized spacial score (nSPS) is 10.2. The maximum absolute atomic E-state index is 12.8. The van der Waals surface area contributed by atoms with Crippen molar-refractivity contribution in [1.29, 1.82) is 0 Å². The lowest BCUT2D eigenvalue weighted by Crippen LogP contribution is -2.23. The second kappa shape index (κ2) is 8.01. The second-order valence-corrected chi connectivity index (χ2v) is 5.27. The molecule has 124 valence electrons. The molecule has 0 aromatic heterocycles. The highest BCUT2D eigenvalue weighted by molar-refractivity contribution is 5.97. The first-order chi connectivity index (χ1) is 11.5. The van der Waals surface area contributed by atoms with Crippen LogP contribution in [-0.4, -0.2) is 17.6 Å². The number of nitrogens with one attached hydrogen (secondary N) is 1. The van der Waals surface area contributed by atoms with E-state index in [9.17, 15) is 18.8 Å². The topological polar surface area (TPSA) is 89.3 Å². The van der Waals surface area contributed by atoms with Crippen LogP contribution in [0, 0.1) is 5.82 Å². The molecule has 0 spiro atoms. The van der Waals surface area contributed by atoms with E-state index in [-0.39, 0.29) is 24.5 Å². The summed E-state index contributed by atoms with van der Waals surface area (Å²) in [4.78, 5) is 34.6. The number of rotatable bonds is 7. The predicted octanol–water partition coefficient (Wildman–Crippen LogP) is 2.20. The van der Waals surface area contributed by atoms with Crippen LogP contribution in [0.3, 0.4) is 0 Å². The molecule has 2 aromatic carbocycles. The lowest BCUT2D eigenvalue weighted by atomic mass is 10.1. The van der Waals surface area contributed by atoms with E-state index in [0.29, 0.717) is 17.7 Å². The van der Waals surface area contributed by atoms with Crippen molar-refractivity contribution in [1.82, 2.24) is 5.32 Å². The molecule has 0 heterocycles.